The SMILES string of the molecule is Cc1cccc(-c2sc(CCCO)nc2C(=O)N2C[C@@H]3C[C@H]3[C@H]2CNC(=O)c2c(C)nc3sccn23)c1. The second-order valence-corrected chi connectivity index (χ2v) is 11.9. The number of aliphatic hydroxyl groups excluding tert-OH is 1. The number of amides is 2. The van der Waals surface area contributed by atoms with Crippen molar-refractivity contribution in [1.82, 2.24) is 24.6 Å². The summed E-state index contributed by atoms with van der Waals surface area (Å²) in [6, 6.07) is 8.08. The fraction of sp³-hybridized carbons (Fsp3) is 0.407. The van der Waals surface area contributed by atoms with Gasteiger partial charge in [-0.1, -0.05) is 29.8 Å². The third kappa shape index (κ3) is 4.47. The summed E-state index contributed by atoms with van der Waals surface area (Å²) in [4.78, 5) is 39.9. The molecular weight excluding hydrogens is 506 g/mol. The molecule has 2 fully saturated rings. The summed E-state index contributed by atoms with van der Waals surface area (Å²) >= 11 is 3.03. The highest BCUT2D eigenvalue weighted by atomic mass is 32.1. The van der Waals surface area contributed by atoms with Crippen LogP contribution in [0.2, 0.25) is 0 Å². The van der Waals surface area contributed by atoms with Crippen LogP contribution < -0.4 is 5.32 Å². The Bertz CT molecular complexity index is 1490. The molecule has 1 aromatic carbocycles. The second-order valence-electron chi connectivity index (χ2n) is 9.98. The Hall–Kier alpha value is -3.08. The first kappa shape index (κ1) is 24.3. The van der Waals surface area contributed by atoms with Gasteiger partial charge in [-0.3, -0.25) is 14.0 Å². The number of carbonyl (C=O) groups excluding carboxylic acids is 2. The van der Waals surface area contributed by atoms with Gasteiger partial charge in [-0.15, -0.1) is 22.7 Å². The number of piperidine rings is 1. The number of nitrogens with zero attached hydrogens (tertiary/aromatic N) is 4. The van der Waals surface area contributed by atoms with E-state index in [1.165, 1.54) is 22.7 Å². The molecule has 2 N–H and O–H groups in total. The van der Waals surface area contributed by atoms with E-state index in [1.54, 1.807) is 0 Å². The molecule has 2 aliphatic rings. The topological polar surface area (TPSA) is 99.8 Å². The molecule has 2 amide bonds. The van der Waals surface area contributed by atoms with Gasteiger partial charge < -0.3 is 15.3 Å². The van der Waals surface area contributed by atoms with Crippen LogP contribution in [0.3, 0.4) is 0 Å². The molecule has 1 saturated heterocycles. The van der Waals surface area contributed by atoms with Crippen molar-refractivity contribution >= 4 is 39.4 Å². The fourth-order valence-electron chi connectivity index (χ4n) is 5.48. The van der Waals surface area contributed by atoms with Gasteiger partial charge >= 0.3 is 0 Å². The van der Waals surface area contributed by atoms with Gasteiger partial charge in [0.1, 0.15) is 11.4 Å². The van der Waals surface area contributed by atoms with Crippen molar-refractivity contribution < 1.29 is 14.7 Å². The normalized spacial score (nSPS) is 20.4. The van der Waals surface area contributed by atoms with Crippen LogP contribution in [0, 0.1) is 25.7 Å². The van der Waals surface area contributed by atoms with E-state index in [4.69, 9.17) is 4.98 Å². The van der Waals surface area contributed by atoms with Crippen LogP contribution in [0.5, 0.6) is 0 Å². The number of aryl methyl sites for hydroxylation is 3. The Morgan fingerprint density at radius 3 is 2.92 bits per heavy atom. The van der Waals surface area contributed by atoms with Crippen molar-refractivity contribution in [2.24, 2.45) is 11.8 Å². The van der Waals surface area contributed by atoms with Gasteiger partial charge in [0.25, 0.3) is 11.8 Å². The lowest BCUT2D eigenvalue weighted by Gasteiger charge is -2.27. The van der Waals surface area contributed by atoms with Crippen molar-refractivity contribution in [3.63, 3.8) is 0 Å². The third-order valence-corrected chi connectivity index (χ3v) is 9.31. The number of likely N-dealkylation sites (tertiary alicyclic amines) is 1. The number of imidazole rings is 1. The van der Waals surface area contributed by atoms with Crippen LogP contribution >= 0.6 is 22.7 Å². The molecule has 3 atom stereocenters. The molecule has 4 heterocycles. The maximum absolute atomic E-state index is 14.0. The number of aromatic nitrogens is 3. The number of thiazole rings is 2. The Kier molecular flexibility index (Phi) is 6.34. The molecule has 1 aliphatic carbocycles. The lowest BCUT2D eigenvalue weighted by molar-refractivity contribution is 0.0690. The summed E-state index contributed by atoms with van der Waals surface area (Å²) in [5, 5.41) is 15.2. The number of fused-ring (bicyclic) bond motifs is 2. The van der Waals surface area contributed by atoms with Gasteiger partial charge in [0.2, 0.25) is 0 Å². The Morgan fingerprint density at radius 2 is 2.11 bits per heavy atom. The average molecular weight is 536 g/mol. The maximum Gasteiger partial charge on any atom is 0.274 e. The smallest absolute Gasteiger partial charge is 0.274 e. The minimum Gasteiger partial charge on any atom is -0.396 e. The van der Waals surface area contributed by atoms with Crippen LogP contribution in [0.25, 0.3) is 15.4 Å². The van der Waals surface area contributed by atoms with E-state index in [0.717, 1.165) is 32.4 Å². The zero-order valence-electron chi connectivity index (χ0n) is 20.8. The molecule has 1 aliphatic heterocycles. The zero-order valence-corrected chi connectivity index (χ0v) is 22.4. The van der Waals surface area contributed by atoms with Crippen LogP contribution in [0.1, 0.15) is 50.1 Å². The number of rotatable bonds is 8. The summed E-state index contributed by atoms with van der Waals surface area (Å²) < 4.78 is 1.82. The molecule has 8 nitrogen and oxygen atoms in total. The zero-order chi connectivity index (χ0) is 25.7. The Labute approximate surface area is 223 Å². The Balaban J connectivity index is 1.25. The van der Waals surface area contributed by atoms with E-state index in [9.17, 15) is 14.7 Å². The quantitative estimate of drug-likeness (QED) is 0.356. The summed E-state index contributed by atoms with van der Waals surface area (Å²) in [5.74, 6) is 0.656. The highest BCUT2D eigenvalue weighted by Crippen LogP contribution is 2.50. The predicted molar refractivity (Wildman–Crippen MR) is 144 cm³/mol. The first-order valence-corrected chi connectivity index (χ1v) is 14.3. The number of benzene rings is 1. The van der Waals surface area contributed by atoms with Crippen molar-refractivity contribution in [2.75, 3.05) is 19.7 Å². The molecule has 0 spiro atoms. The summed E-state index contributed by atoms with van der Waals surface area (Å²) in [6.45, 7) is 5.08. The van der Waals surface area contributed by atoms with Gasteiger partial charge in [-0.2, -0.15) is 0 Å². The number of carbonyl (C=O) groups is 2. The first-order chi connectivity index (χ1) is 17.9. The summed E-state index contributed by atoms with van der Waals surface area (Å²) in [7, 11) is 0. The lowest BCUT2D eigenvalue weighted by Crippen LogP contribution is -2.46. The van der Waals surface area contributed by atoms with Crippen molar-refractivity contribution in [3.8, 4) is 10.4 Å². The third-order valence-electron chi connectivity index (χ3n) is 7.39. The number of hydrogen-bond donors (Lipinski definition) is 2. The minimum atomic E-state index is -0.166. The van der Waals surface area contributed by atoms with Crippen LogP contribution in [0.15, 0.2) is 35.8 Å². The lowest BCUT2D eigenvalue weighted by atomic mass is 10.1. The van der Waals surface area contributed by atoms with Gasteiger partial charge in [0, 0.05) is 37.7 Å². The van der Waals surface area contributed by atoms with E-state index in [2.05, 4.69) is 16.4 Å². The van der Waals surface area contributed by atoms with E-state index in [-0.39, 0.29) is 24.5 Å². The standard InChI is InChI=1S/C27H29N5O3S2/c1-15-5-3-6-17(11-15)24-22(30-21(37-24)7-4-9-33)26(35)32-14-18-12-19(18)20(32)13-28-25(34)23-16(2)29-27-31(23)8-10-36-27/h3,5-6,8,10-11,18-20,33H,4,7,9,12-14H2,1-2H3,(H,28,34)/t18-,19+,20+/m0/s1. The summed E-state index contributed by atoms with van der Waals surface area (Å²) in [5.41, 5.74) is 3.84. The van der Waals surface area contributed by atoms with Crippen LogP contribution in [0.4, 0.5) is 0 Å². The second kappa shape index (κ2) is 9.66. The average Bonchev–Trinajstić information content (AvgIpc) is 3.23. The Morgan fingerprint density at radius 1 is 1.24 bits per heavy atom. The van der Waals surface area contributed by atoms with Crippen molar-refractivity contribution in [2.45, 2.75) is 39.2 Å². The van der Waals surface area contributed by atoms with Gasteiger partial charge in [0.15, 0.2) is 4.96 Å². The van der Waals surface area contributed by atoms with Gasteiger partial charge in [0.05, 0.1) is 21.6 Å². The van der Waals surface area contributed by atoms with E-state index in [0.29, 0.717) is 54.8 Å². The molecule has 1 saturated carbocycles. The number of aliphatic hydroxyl groups is 1. The van der Waals surface area contributed by atoms with E-state index >= 15 is 0 Å². The predicted octanol–water partition coefficient (Wildman–Crippen LogP) is 3.95. The first-order valence-electron chi connectivity index (χ1n) is 12.6. The number of nitrogens with one attached hydrogen (secondary N) is 1. The molecule has 6 rings (SSSR count). The summed E-state index contributed by atoms with van der Waals surface area (Å²) in [6.07, 6.45) is 4.21. The minimum absolute atomic E-state index is 0.0550. The highest BCUT2D eigenvalue weighted by Gasteiger charge is 2.54. The molecule has 3 aromatic heterocycles. The fourth-order valence-corrected chi connectivity index (χ4v) is 7.33. The van der Waals surface area contributed by atoms with Gasteiger partial charge in [-0.25, -0.2) is 9.97 Å². The van der Waals surface area contributed by atoms with Crippen LogP contribution in [-0.4, -0.2) is 61.9 Å². The molecule has 0 bridgehead atoms. The molecule has 10 heteroatoms. The largest absolute Gasteiger partial charge is 0.396 e. The van der Waals surface area contributed by atoms with E-state index in [1.807, 2.05) is 52.9 Å². The molecule has 37 heavy (non-hydrogen) atoms. The maximum atomic E-state index is 14.0. The van der Waals surface area contributed by atoms with Crippen molar-refractivity contribution in [3.05, 3.63) is 63.5 Å². The monoisotopic (exact) mass is 535 g/mol. The number of hydrogen-bond acceptors (Lipinski definition) is 7. The molecule has 0 radical (unpaired) electrons. The molecule has 4 aromatic rings. The van der Waals surface area contributed by atoms with Crippen LogP contribution in [-0.2, 0) is 6.42 Å². The highest BCUT2D eigenvalue weighted by molar-refractivity contribution is 7.15. The van der Waals surface area contributed by atoms with E-state index < -0.39 is 0 Å². The van der Waals surface area contributed by atoms with Gasteiger partial charge in [-0.05, 0) is 44.1 Å². The van der Waals surface area contributed by atoms with Crippen molar-refractivity contribution in [1.29, 1.82) is 0 Å². The molecule has 192 valence electrons. The molecular formula is C27H29N5O3S2. The molecule has 0 unspecified atom stereocenters.